The molecular weight excluding hydrogens is 532 g/mol. The molecule has 0 rings (SSSR count). The van der Waals surface area contributed by atoms with E-state index in [1.54, 1.807) is 0 Å². The van der Waals surface area contributed by atoms with Gasteiger partial charge in [-0.05, 0) is 38.5 Å². The summed E-state index contributed by atoms with van der Waals surface area (Å²) in [6.45, 7) is 0.346. The zero-order valence-corrected chi connectivity index (χ0v) is 24.7. The second-order valence-electron chi connectivity index (χ2n) is 10.7. The van der Waals surface area contributed by atoms with E-state index in [1.165, 1.54) is 44.9 Å². The minimum atomic E-state index is -1.17. The maximum absolute atomic E-state index is 12.2. The summed E-state index contributed by atoms with van der Waals surface area (Å²) < 4.78 is 0. The van der Waals surface area contributed by atoms with Gasteiger partial charge >= 0.3 is 17.9 Å². The Labute approximate surface area is 244 Å². The van der Waals surface area contributed by atoms with E-state index in [1.807, 2.05) is 0 Å². The third-order valence-electron chi connectivity index (χ3n) is 7.08. The first kappa shape index (κ1) is 38.3. The van der Waals surface area contributed by atoms with Crippen LogP contribution < -0.4 is 21.9 Å². The van der Waals surface area contributed by atoms with Gasteiger partial charge in [0.05, 0.1) is 0 Å². The van der Waals surface area contributed by atoms with Gasteiger partial charge in [-0.3, -0.25) is 25.0 Å². The van der Waals surface area contributed by atoms with Crippen LogP contribution >= 0.6 is 0 Å². The fourth-order valence-corrected chi connectivity index (χ4v) is 4.55. The number of amides is 2. The molecule has 41 heavy (non-hydrogen) atoms. The van der Waals surface area contributed by atoms with Gasteiger partial charge in [0.25, 0.3) is 0 Å². The van der Waals surface area contributed by atoms with Gasteiger partial charge < -0.3 is 26.0 Å². The van der Waals surface area contributed by atoms with Crippen molar-refractivity contribution in [2.24, 2.45) is 5.84 Å². The molecule has 238 valence electrons. The molecule has 0 aromatic carbocycles. The number of rotatable bonds is 29. The maximum Gasteiger partial charge on any atom is 0.326 e. The molecule has 0 saturated carbocycles. The summed E-state index contributed by atoms with van der Waals surface area (Å²) >= 11 is 0. The number of unbranched alkanes of at least 4 members (excludes halogenated alkanes) is 14. The number of carbonyl (C=O) groups is 5. The molecular formula is C29H54N4O8. The van der Waals surface area contributed by atoms with Crippen molar-refractivity contribution in [3.05, 3.63) is 0 Å². The van der Waals surface area contributed by atoms with Gasteiger partial charge in [-0.1, -0.05) is 77.0 Å². The Kier molecular flexibility index (Phi) is 24.4. The highest BCUT2D eigenvalue weighted by Gasteiger charge is 2.21. The van der Waals surface area contributed by atoms with Gasteiger partial charge in [0.15, 0.2) is 0 Å². The fraction of sp³-hybridized carbons (Fsp3) is 0.828. The second kappa shape index (κ2) is 26.2. The van der Waals surface area contributed by atoms with E-state index in [0.29, 0.717) is 32.2 Å². The van der Waals surface area contributed by atoms with E-state index in [-0.39, 0.29) is 37.5 Å². The Morgan fingerprint density at radius 2 is 0.976 bits per heavy atom. The van der Waals surface area contributed by atoms with E-state index in [4.69, 9.17) is 16.1 Å². The van der Waals surface area contributed by atoms with Crippen molar-refractivity contribution in [2.45, 2.75) is 147 Å². The summed E-state index contributed by atoms with van der Waals surface area (Å²) in [4.78, 5) is 57.0. The van der Waals surface area contributed by atoms with Crippen molar-refractivity contribution in [1.29, 1.82) is 0 Å². The normalized spacial score (nSPS) is 12.4. The van der Waals surface area contributed by atoms with Gasteiger partial charge in [-0.15, -0.1) is 0 Å². The van der Waals surface area contributed by atoms with Crippen LogP contribution in [0.2, 0.25) is 0 Å². The smallest absolute Gasteiger partial charge is 0.326 e. The van der Waals surface area contributed by atoms with Gasteiger partial charge in [0.2, 0.25) is 11.8 Å². The lowest BCUT2D eigenvalue weighted by atomic mass is 10.0. The topological polar surface area (TPSA) is 208 Å². The molecule has 0 aromatic rings. The molecule has 0 heterocycles. The molecule has 0 spiro atoms. The molecule has 0 aromatic heterocycles. The standard InChI is InChI=1S/C29H54N4O8/c30-33-24(29(40)41)17-15-16-22-31-25(34)21-20-23(28(38)39)32-26(35)18-13-11-9-7-5-3-1-2-4-6-8-10-12-14-19-27(36)37/h23-24,33H,1-22,30H2,(H,31,34)(H,32,35)(H,36,37)(H,38,39)(H,40,41). The maximum atomic E-state index is 12.2. The summed E-state index contributed by atoms with van der Waals surface area (Å²) in [6.07, 6.45) is 17.2. The van der Waals surface area contributed by atoms with Crippen LogP contribution in [0, 0.1) is 0 Å². The molecule has 0 radical (unpaired) electrons. The van der Waals surface area contributed by atoms with E-state index < -0.39 is 30.0 Å². The lowest BCUT2D eigenvalue weighted by Crippen LogP contribution is -2.41. The highest BCUT2D eigenvalue weighted by molar-refractivity contribution is 5.84. The number of carboxylic acids is 3. The highest BCUT2D eigenvalue weighted by atomic mass is 16.4. The Balaban J connectivity index is 3.73. The number of hydrogen-bond acceptors (Lipinski definition) is 7. The number of nitrogens with one attached hydrogen (secondary N) is 3. The number of aliphatic carboxylic acids is 3. The minimum absolute atomic E-state index is 0.00210. The van der Waals surface area contributed by atoms with Crippen LogP contribution in [-0.2, 0) is 24.0 Å². The molecule has 8 N–H and O–H groups in total. The van der Waals surface area contributed by atoms with Crippen molar-refractivity contribution in [3.63, 3.8) is 0 Å². The van der Waals surface area contributed by atoms with E-state index in [2.05, 4.69) is 16.1 Å². The molecule has 2 unspecified atom stereocenters. The molecule has 0 aliphatic carbocycles. The molecule has 0 bridgehead atoms. The van der Waals surface area contributed by atoms with Crippen molar-refractivity contribution in [3.8, 4) is 0 Å². The minimum Gasteiger partial charge on any atom is -0.481 e. The second-order valence-corrected chi connectivity index (χ2v) is 10.7. The van der Waals surface area contributed by atoms with Crippen LogP contribution in [0.1, 0.15) is 135 Å². The molecule has 0 fully saturated rings. The van der Waals surface area contributed by atoms with Gasteiger partial charge in [0.1, 0.15) is 12.1 Å². The number of hydrogen-bond donors (Lipinski definition) is 7. The van der Waals surface area contributed by atoms with Crippen LogP contribution in [-0.4, -0.2) is 63.7 Å². The summed E-state index contributed by atoms with van der Waals surface area (Å²) in [5, 5.41) is 32.1. The lowest BCUT2D eigenvalue weighted by molar-refractivity contribution is -0.142. The summed E-state index contributed by atoms with van der Waals surface area (Å²) in [5.41, 5.74) is 2.21. The summed E-state index contributed by atoms with van der Waals surface area (Å²) in [5.74, 6) is 1.61. The van der Waals surface area contributed by atoms with Gasteiger partial charge in [-0.25, -0.2) is 10.2 Å². The predicted molar refractivity (Wildman–Crippen MR) is 156 cm³/mol. The third-order valence-corrected chi connectivity index (χ3v) is 7.08. The van der Waals surface area contributed by atoms with Crippen molar-refractivity contribution < 1.29 is 39.3 Å². The van der Waals surface area contributed by atoms with Gasteiger partial charge in [0, 0.05) is 25.8 Å². The zero-order chi connectivity index (χ0) is 30.7. The number of hydrazine groups is 1. The Morgan fingerprint density at radius 1 is 0.512 bits per heavy atom. The molecule has 0 aliphatic heterocycles. The molecule has 12 heteroatoms. The van der Waals surface area contributed by atoms with Crippen molar-refractivity contribution in [2.75, 3.05) is 6.54 Å². The fourth-order valence-electron chi connectivity index (χ4n) is 4.55. The average molecular weight is 587 g/mol. The van der Waals surface area contributed by atoms with Crippen LogP contribution in [0.15, 0.2) is 0 Å². The first-order chi connectivity index (χ1) is 19.7. The average Bonchev–Trinajstić information content (AvgIpc) is 2.92. The lowest BCUT2D eigenvalue weighted by Gasteiger charge is -2.14. The van der Waals surface area contributed by atoms with E-state index >= 15 is 0 Å². The molecule has 0 saturated heterocycles. The first-order valence-corrected chi connectivity index (χ1v) is 15.4. The quantitative estimate of drug-likeness (QED) is 0.0382. The van der Waals surface area contributed by atoms with Crippen LogP contribution in [0.3, 0.4) is 0 Å². The Hall–Kier alpha value is -2.73. The molecule has 12 nitrogen and oxygen atoms in total. The number of carboxylic acid groups (broad SMARTS) is 3. The molecule has 2 amide bonds. The van der Waals surface area contributed by atoms with E-state index in [9.17, 15) is 29.1 Å². The Bertz CT molecular complexity index is 750. The Morgan fingerprint density at radius 3 is 1.41 bits per heavy atom. The van der Waals surface area contributed by atoms with Crippen molar-refractivity contribution >= 4 is 29.7 Å². The zero-order valence-electron chi connectivity index (χ0n) is 24.7. The number of nitrogens with two attached hydrogens (primary N) is 1. The first-order valence-electron chi connectivity index (χ1n) is 15.4. The van der Waals surface area contributed by atoms with Crippen LogP contribution in [0.25, 0.3) is 0 Å². The van der Waals surface area contributed by atoms with Crippen molar-refractivity contribution in [1.82, 2.24) is 16.1 Å². The summed E-state index contributed by atoms with van der Waals surface area (Å²) in [6, 6.07) is -1.95. The highest BCUT2D eigenvalue weighted by Crippen LogP contribution is 2.14. The van der Waals surface area contributed by atoms with Gasteiger partial charge in [-0.2, -0.15) is 0 Å². The van der Waals surface area contributed by atoms with Crippen LogP contribution in [0.5, 0.6) is 0 Å². The molecule has 0 aliphatic rings. The van der Waals surface area contributed by atoms with Crippen LogP contribution in [0.4, 0.5) is 0 Å². The largest absolute Gasteiger partial charge is 0.481 e. The predicted octanol–water partition coefficient (Wildman–Crippen LogP) is 3.87. The summed E-state index contributed by atoms with van der Waals surface area (Å²) in [7, 11) is 0. The number of carbonyl (C=O) groups excluding carboxylic acids is 2. The third kappa shape index (κ3) is 24.8. The molecule has 2 atom stereocenters. The SMILES string of the molecule is NNC(CCCCNC(=O)CCC(NC(=O)CCCCCCCCCCCCCCCCC(=O)O)C(=O)O)C(=O)O. The monoisotopic (exact) mass is 586 g/mol. The van der Waals surface area contributed by atoms with E-state index in [0.717, 1.165) is 38.5 Å².